The number of hydrogen-bond acceptors (Lipinski definition) is 4. The zero-order chi connectivity index (χ0) is 24.2. The van der Waals surface area contributed by atoms with Gasteiger partial charge in [-0.2, -0.15) is 0 Å². The van der Waals surface area contributed by atoms with E-state index in [2.05, 4.69) is 29.8 Å². The quantitative estimate of drug-likeness (QED) is 0.441. The molecule has 0 aliphatic carbocycles. The first-order chi connectivity index (χ1) is 15.9. The second-order valence-corrected chi connectivity index (χ2v) is 8.13. The van der Waals surface area contributed by atoms with E-state index in [4.69, 9.17) is 0 Å². The molecule has 0 saturated heterocycles. The minimum atomic E-state index is -0.205. The fourth-order valence-electron chi connectivity index (χ4n) is 3.27. The zero-order valence-electron chi connectivity index (χ0n) is 20.1. The molecular formula is C26H36N4O3. The van der Waals surface area contributed by atoms with Crippen LogP contribution >= 0.6 is 0 Å². The zero-order valence-corrected chi connectivity index (χ0v) is 20.1. The Morgan fingerprint density at radius 2 is 1.36 bits per heavy atom. The van der Waals surface area contributed by atoms with Gasteiger partial charge in [0.05, 0.1) is 6.54 Å². The topological polar surface area (TPSA) is 90.5 Å². The van der Waals surface area contributed by atoms with Crippen LogP contribution in [0.1, 0.15) is 67.7 Å². The summed E-state index contributed by atoms with van der Waals surface area (Å²) in [7, 11) is 0. The van der Waals surface area contributed by atoms with Gasteiger partial charge in [0.15, 0.2) is 0 Å². The summed E-state index contributed by atoms with van der Waals surface area (Å²) in [4.78, 5) is 39.0. The number of carbonyl (C=O) groups is 3. The number of anilines is 2. The van der Waals surface area contributed by atoms with Gasteiger partial charge in [-0.3, -0.25) is 14.4 Å². The summed E-state index contributed by atoms with van der Waals surface area (Å²) in [6.45, 7) is 9.67. The molecule has 0 radical (unpaired) electrons. The molecule has 1 unspecified atom stereocenters. The highest BCUT2D eigenvalue weighted by molar-refractivity contribution is 5.97. The summed E-state index contributed by atoms with van der Waals surface area (Å²) in [5.74, 6) is -0.299. The van der Waals surface area contributed by atoms with E-state index < -0.39 is 0 Å². The molecule has 3 N–H and O–H groups in total. The first kappa shape index (κ1) is 25.9. The van der Waals surface area contributed by atoms with E-state index in [-0.39, 0.29) is 30.3 Å². The van der Waals surface area contributed by atoms with Crippen molar-refractivity contribution >= 4 is 29.1 Å². The van der Waals surface area contributed by atoms with Gasteiger partial charge in [0, 0.05) is 41.6 Å². The Morgan fingerprint density at radius 1 is 0.818 bits per heavy atom. The number of carbonyl (C=O) groups excluding carboxylic acids is 3. The van der Waals surface area contributed by atoms with Crippen molar-refractivity contribution in [3.8, 4) is 0 Å². The first-order valence-electron chi connectivity index (χ1n) is 11.7. The van der Waals surface area contributed by atoms with Gasteiger partial charge in [-0.1, -0.05) is 20.8 Å². The Balaban J connectivity index is 1.85. The van der Waals surface area contributed by atoms with Crippen molar-refractivity contribution in [2.75, 3.05) is 30.3 Å². The maximum Gasteiger partial charge on any atom is 0.253 e. The average molecular weight is 453 g/mol. The van der Waals surface area contributed by atoms with Crippen LogP contribution in [0.2, 0.25) is 0 Å². The number of amides is 3. The van der Waals surface area contributed by atoms with Crippen LogP contribution in [-0.2, 0) is 4.79 Å². The first-order valence-corrected chi connectivity index (χ1v) is 11.7. The van der Waals surface area contributed by atoms with Crippen molar-refractivity contribution in [1.82, 2.24) is 10.2 Å². The van der Waals surface area contributed by atoms with Crippen LogP contribution in [0.15, 0.2) is 48.5 Å². The van der Waals surface area contributed by atoms with Crippen LogP contribution in [0.3, 0.4) is 0 Å². The third-order valence-electron chi connectivity index (χ3n) is 5.28. The molecule has 0 aliphatic heterocycles. The minimum absolute atomic E-state index is 0.0317. The Labute approximate surface area is 196 Å². The van der Waals surface area contributed by atoms with Crippen molar-refractivity contribution in [1.29, 1.82) is 0 Å². The van der Waals surface area contributed by atoms with E-state index in [1.165, 1.54) is 0 Å². The predicted molar refractivity (Wildman–Crippen MR) is 134 cm³/mol. The van der Waals surface area contributed by atoms with Gasteiger partial charge in [-0.15, -0.1) is 0 Å². The molecule has 7 nitrogen and oxygen atoms in total. The molecule has 3 amide bonds. The highest BCUT2D eigenvalue weighted by atomic mass is 16.2. The monoisotopic (exact) mass is 452 g/mol. The van der Waals surface area contributed by atoms with Gasteiger partial charge < -0.3 is 20.9 Å². The van der Waals surface area contributed by atoms with E-state index in [0.717, 1.165) is 38.0 Å². The van der Waals surface area contributed by atoms with Gasteiger partial charge in [-0.25, -0.2) is 0 Å². The maximum atomic E-state index is 12.7. The Morgan fingerprint density at radius 3 is 1.91 bits per heavy atom. The molecule has 2 rings (SSSR count). The minimum Gasteiger partial charge on any atom is -0.376 e. The van der Waals surface area contributed by atoms with Gasteiger partial charge in [0.1, 0.15) is 0 Å². The van der Waals surface area contributed by atoms with Crippen molar-refractivity contribution in [3.63, 3.8) is 0 Å². The molecule has 0 bridgehead atoms. The Kier molecular flexibility index (Phi) is 10.4. The van der Waals surface area contributed by atoms with Crippen molar-refractivity contribution in [2.24, 2.45) is 0 Å². The number of hydrogen-bond donors (Lipinski definition) is 3. The highest BCUT2D eigenvalue weighted by Crippen LogP contribution is 2.13. The SMILES string of the molecule is CCCN(CCC)C(=O)c1ccc(NCC(=O)Nc2ccc(C(=O)NC(C)CC)cc2)cc1. The van der Waals surface area contributed by atoms with E-state index in [0.29, 0.717) is 16.8 Å². The van der Waals surface area contributed by atoms with Crippen LogP contribution in [0, 0.1) is 0 Å². The smallest absolute Gasteiger partial charge is 0.253 e. The molecule has 0 fully saturated rings. The molecule has 0 aliphatic rings. The summed E-state index contributed by atoms with van der Waals surface area (Å²) in [5, 5.41) is 8.79. The maximum absolute atomic E-state index is 12.7. The highest BCUT2D eigenvalue weighted by Gasteiger charge is 2.14. The van der Waals surface area contributed by atoms with Crippen LogP contribution in [0.25, 0.3) is 0 Å². The molecule has 178 valence electrons. The molecule has 0 spiro atoms. The second kappa shape index (κ2) is 13.3. The molecule has 0 saturated carbocycles. The molecule has 7 heteroatoms. The molecule has 0 aromatic heterocycles. The molecular weight excluding hydrogens is 416 g/mol. The van der Waals surface area contributed by atoms with Gasteiger partial charge >= 0.3 is 0 Å². The summed E-state index contributed by atoms with van der Waals surface area (Å²) in [6.07, 6.45) is 2.71. The van der Waals surface area contributed by atoms with Gasteiger partial charge in [-0.05, 0) is 74.7 Å². The average Bonchev–Trinajstić information content (AvgIpc) is 2.82. The third-order valence-corrected chi connectivity index (χ3v) is 5.28. The van der Waals surface area contributed by atoms with E-state index in [1.54, 1.807) is 48.5 Å². The summed E-state index contributed by atoms with van der Waals surface area (Å²) in [6, 6.07) is 14.1. The fourth-order valence-corrected chi connectivity index (χ4v) is 3.27. The van der Waals surface area contributed by atoms with E-state index in [9.17, 15) is 14.4 Å². The summed E-state index contributed by atoms with van der Waals surface area (Å²) >= 11 is 0. The summed E-state index contributed by atoms with van der Waals surface area (Å²) in [5.41, 5.74) is 2.58. The largest absolute Gasteiger partial charge is 0.376 e. The normalized spacial score (nSPS) is 11.4. The lowest BCUT2D eigenvalue weighted by molar-refractivity contribution is -0.114. The molecule has 1 atom stereocenters. The third kappa shape index (κ3) is 8.25. The lowest BCUT2D eigenvalue weighted by Crippen LogP contribution is -2.32. The number of nitrogens with one attached hydrogen (secondary N) is 3. The van der Waals surface area contributed by atoms with Crippen molar-refractivity contribution in [2.45, 2.75) is 53.0 Å². The Bertz CT molecular complexity index is 904. The number of nitrogens with zero attached hydrogens (tertiary/aromatic N) is 1. The standard InChI is InChI=1S/C26H36N4O3/c1-5-16-30(17-6-2)26(33)21-10-12-22(13-11-21)27-18-24(31)29-23-14-8-20(9-15-23)25(32)28-19(4)7-3/h8-15,19,27H,5-7,16-18H2,1-4H3,(H,28,32)(H,29,31). The number of benzene rings is 2. The van der Waals surface area contributed by atoms with Crippen LogP contribution in [0.5, 0.6) is 0 Å². The fraction of sp³-hybridized carbons (Fsp3) is 0.423. The van der Waals surface area contributed by atoms with E-state index in [1.807, 2.05) is 18.7 Å². The molecule has 33 heavy (non-hydrogen) atoms. The van der Waals surface area contributed by atoms with Crippen LogP contribution in [0.4, 0.5) is 11.4 Å². The van der Waals surface area contributed by atoms with Crippen molar-refractivity contribution in [3.05, 3.63) is 59.7 Å². The lowest BCUT2D eigenvalue weighted by atomic mass is 10.1. The van der Waals surface area contributed by atoms with E-state index >= 15 is 0 Å². The number of rotatable bonds is 12. The molecule has 2 aromatic carbocycles. The van der Waals surface area contributed by atoms with Crippen LogP contribution in [-0.4, -0.2) is 48.3 Å². The molecule has 2 aromatic rings. The molecule has 0 heterocycles. The second-order valence-electron chi connectivity index (χ2n) is 8.13. The summed E-state index contributed by atoms with van der Waals surface area (Å²) < 4.78 is 0. The van der Waals surface area contributed by atoms with Crippen molar-refractivity contribution < 1.29 is 14.4 Å². The van der Waals surface area contributed by atoms with Gasteiger partial charge in [0.25, 0.3) is 11.8 Å². The lowest BCUT2D eigenvalue weighted by Gasteiger charge is -2.21. The Hall–Kier alpha value is -3.35. The van der Waals surface area contributed by atoms with Crippen LogP contribution < -0.4 is 16.0 Å². The van der Waals surface area contributed by atoms with Gasteiger partial charge in [0.2, 0.25) is 5.91 Å². The predicted octanol–water partition coefficient (Wildman–Crippen LogP) is 4.53.